The molecule has 2 aromatic carbocycles. The van der Waals surface area contributed by atoms with Gasteiger partial charge in [0.2, 0.25) is 5.75 Å². The summed E-state index contributed by atoms with van der Waals surface area (Å²) in [7, 11) is 7.98. The van der Waals surface area contributed by atoms with Crippen LogP contribution >= 0.6 is 0 Å². The van der Waals surface area contributed by atoms with E-state index in [0.717, 1.165) is 35.2 Å². The smallest absolute Gasteiger partial charge is 0.339 e. The van der Waals surface area contributed by atoms with E-state index < -0.39 is 5.97 Å². The highest BCUT2D eigenvalue weighted by Crippen LogP contribution is 2.41. The van der Waals surface area contributed by atoms with E-state index in [1.54, 1.807) is 35.4 Å². The molecule has 188 valence electrons. The van der Waals surface area contributed by atoms with Crippen LogP contribution in [0.4, 0.5) is 0 Å². The second-order valence-electron chi connectivity index (χ2n) is 8.68. The lowest BCUT2D eigenvalue weighted by Gasteiger charge is -2.23. The van der Waals surface area contributed by atoms with Crippen molar-refractivity contribution in [2.45, 2.75) is 19.3 Å². The second kappa shape index (κ2) is 10.7. The number of hydrogen-bond donors (Lipinski definition) is 0. The molecule has 0 bridgehead atoms. The van der Waals surface area contributed by atoms with E-state index in [1.165, 1.54) is 4.90 Å². The number of benzene rings is 2. The van der Waals surface area contributed by atoms with E-state index in [0.29, 0.717) is 40.1 Å². The topological polar surface area (TPSA) is 87.2 Å². The van der Waals surface area contributed by atoms with Gasteiger partial charge in [-0.15, -0.1) is 0 Å². The number of ether oxygens (including phenoxy) is 4. The highest BCUT2D eigenvalue weighted by molar-refractivity contribution is 6.07. The van der Waals surface area contributed by atoms with Crippen LogP contribution in [0.25, 0.3) is 22.6 Å². The summed E-state index contributed by atoms with van der Waals surface area (Å²) in [5, 5.41) is 0.715. The largest absolute Gasteiger partial charge is 0.493 e. The lowest BCUT2D eigenvalue weighted by Crippen LogP contribution is -2.28. The zero-order valence-electron chi connectivity index (χ0n) is 21.2. The Morgan fingerprint density at radius 1 is 1.00 bits per heavy atom. The number of amides is 1. The maximum Gasteiger partial charge on any atom is 0.339 e. The standard InChI is InChI=1S/C28H30N2O6/c1-30(2)24(31)16-36-28(32)25-19-10-6-7-12-21(19)29-26-18(9-8-11-20(25)26)13-17-14-22(33-3)27(35-5)23(15-17)34-4/h6-7,10,12-15H,8-9,11,16H2,1-5H3. The average Bonchev–Trinajstić information content (AvgIpc) is 2.89. The quantitative estimate of drug-likeness (QED) is 0.454. The molecule has 8 heteroatoms. The molecule has 1 heterocycles. The minimum Gasteiger partial charge on any atom is -0.493 e. The monoisotopic (exact) mass is 490 g/mol. The zero-order valence-corrected chi connectivity index (χ0v) is 21.2. The van der Waals surface area contributed by atoms with Gasteiger partial charge in [0.15, 0.2) is 18.1 Å². The van der Waals surface area contributed by atoms with Crippen molar-refractivity contribution in [3.8, 4) is 17.2 Å². The van der Waals surface area contributed by atoms with Gasteiger partial charge in [-0.25, -0.2) is 9.78 Å². The van der Waals surface area contributed by atoms with Crippen LogP contribution in [0.3, 0.4) is 0 Å². The molecule has 0 spiro atoms. The van der Waals surface area contributed by atoms with Crippen LogP contribution in [0, 0.1) is 0 Å². The summed E-state index contributed by atoms with van der Waals surface area (Å²) in [4.78, 5) is 31.6. The van der Waals surface area contributed by atoms with Gasteiger partial charge in [0.25, 0.3) is 5.91 Å². The lowest BCUT2D eigenvalue weighted by molar-refractivity contribution is -0.131. The third-order valence-electron chi connectivity index (χ3n) is 6.23. The first-order valence-corrected chi connectivity index (χ1v) is 11.7. The number of hydrogen-bond acceptors (Lipinski definition) is 7. The molecule has 1 aliphatic rings. The van der Waals surface area contributed by atoms with E-state index in [2.05, 4.69) is 0 Å². The molecular formula is C28H30N2O6. The van der Waals surface area contributed by atoms with Gasteiger partial charge < -0.3 is 23.8 Å². The molecular weight excluding hydrogens is 460 g/mol. The van der Waals surface area contributed by atoms with Gasteiger partial charge in [-0.3, -0.25) is 4.79 Å². The van der Waals surface area contributed by atoms with Gasteiger partial charge in [0.05, 0.1) is 38.1 Å². The van der Waals surface area contributed by atoms with Crippen molar-refractivity contribution >= 4 is 34.4 Å². The van der Waals surface area contributed by atoms with Gasteiger partial charge in [-0.05, 0) is 60.2 Å². The van der Waals surface area contributed by atoms with E-state index in [4.69, 9.17) is 23.9 Å². The molecule has 0 saturated carbocycles. The molecule has 3 aromatic rings. The fourth-order valence-electron chi connectivity index (χ4n) is 4.42. The summed E-state index contributed by atoms with van der Waals surface area (Å²) in [6.07, 6.45) is 4.36. The third kappa shape index (κ3) is 4.84. The summed E-state index contributed by atoms with van der Waals surface area (Å²) in [5.74, 6) is 0.835. The maximum absolute atomic E-state index is 13.3. The van der Waals surface area contributed by atoms with Crippen LogP contribution in [0.1, 0.15) is 40.0 Å². The Morgan fingerprint density at radius 2 is 1.69 bits per heavy atom. The van der Waals surface area contributed by atoms with Crippen molar-refractivity contribution in [2.75, 3.05) is 42.0 Å². The van der Waals surface area contributed by atoms with Crippen molar-refractivity contribution in [3.63, 3.8) is 0 Å². The molecule has 0 N–H and O–H groups in total. The number of allylic oxidation sites excluding steroid dienone is 1. The summed E-state index contributed by atoms with van der Waals surface area (Å²) < 4.78 is 21.9. The van der Waals surface area contributed by atoms with Gasteiger partial charge in [0, 0.05) is 19.5 Å². The van der Waals surface area contributed by atoms with Crippen molar-refractivity contribution in [3.05, 3.63) is 58.8 Å². The van der Waals surface area contributed by atoms with Gasteiger partial charge in [0.1, 0.15) is 0 Å². The Hall–Kier alpha value is -4.07. The van der Waals surface area contributed by atoms with Gasteiger partial charge in [-0.1, -0.05) is 18.2 Å². The molecule has 0 saturated heterocycles. The molecule has 36 heavy (non-hydrogen) atoms. The Kier molecular flexibility index (Phi) is 7.43. The number of para-hydroxylation sites is 1. The number of esters is 1. The molecule has 1 amide bonds. The fourth-order valence-corrected chi connectivity index (χ4v) is 4.42. The van der Waals surface area contributed by atoms with Crippen molar-refractivity contribution in [2.24, 2.45) is 0 Å². The molecule has 1 aromatic heterocycles. The van der Waals surface area contributed by atoms with Crippen LogP contribution in [-0.2, 0) is 16.0 Å². The van der Waals surface area contributed by atoms with E-state index in [-0.39, 0.29) is 12.5 Å². The lowest BCUT2D eigenvalue weighted by atomic mass is 9.86. The number of rotatable bonds is 7. The normalized spacial score (nSPS) is 13.8. The number of fused-ring (bicyclic) bond motifs is 2. The number of carbonyl (C=O) groups is 2. The van der Waals surface area contributed by atoms with Crippen LogP contribution < -0.4 is 14.2 Å². The predicted molar refractivity (Wildman–Crippen MR) is 138 cm³/mol. The van der Waals surface area contributed by atoms with Crippen molar-refractivity contribution in [1.82, 2.24) is 9.88 Å². The van der Waals surface area contributed by atoms with E-state index in [9.17, 15) is 9.59 Å². The minimum absolute atomic E-state index is 0.279. The van der Waals surface area contributed by atoms with Crippen LogP contribution in [0.5, 0.6) is 17.2 Å². The summed E-state index contributed by atoms with van der Waals surface area (Å²) in [6, 6.07) is 11.3. The van der Waals surface area contributed by atoms with Crippen molar-refractivity contribution in [1.29, 1.82) is 0 Å². The van der Waals surface area contributed by atoms with Crippen LogP contribution in [-0.4, -0.2) is 63.8 Å². The molecule has 0 fully saturated rings. The Morgan fingerprint density at radius 3 is 2.33 bits per heavy atom. The highest BCUT2D eigenvalue weighted by Gasteiger charge is 2.26. The molecule has 8 nitrogen and oxygen atoms in total. The summed E-state index contributed by atoms with van der Waals surface area (Å²) in [6.45, 7) is -0.314. The molecule has 1 aliphatic carbocycles. The Bertz CT molecular complexity index is 1320. The third-order valence-corrected chi connectivity index (χ3v) is 6.23. The van der Waals surface area contributed by atoms with Crippen molar-refractivity contribution < 1.29 is 28.5 Å². The Balaban J connectivity index is 1.83. The summed E-state index contributed by atoms with van der Waals surface area (Å²) >= 11 is 0. The molecule has 0 atom stereocenters. The van der Waals surface area contributed by atoms with Gasteiger partial charge in [-0.2, -0.15) is 0 Å². The first kappa shape index (κ1) is 25.0. The first-order valence-electron chi connectivity index (χ1n) is 11.7. The second-order valence-corrected chi connectivity index (χ2v) is 8.68. The highest BCUT2D eigenvalue weighted by atomic mass is 16.5. The number of methoxy groups -OCH3 is 3. The molecule has 0 aliphatic heterocycles. The van der Waals surface area contributed by atoms with Crippen LogP contribution in [0.2, 0.25) is 0 Å². The van der Waals surface area contributed by atoms with Crippen LogP contribution in [0.15, 0.2) is 36.4 Å². The first-order chi connectivity index (χ1) is 17.4. The SMILES string of the molecule is COc1cc(C=C2CCCc3c2nc2ccccc2c3C(=O)OCC(=O)N(C)C)cc(OC)c1OC. The van der Waals surface area contributed by atoms with E-state index in [1.807, 2.05) is 42.5 Å². The Labute approximate surface area is 210 Å². The number of aromatic nitrogens is 1. The number of pyridine rings is 1. The fraction of sp³-hybridized carbons (Fsp3) is 0.321. The zero-order chi connectivity index (χ0) is 25.8. The maximum atomic E-state index is 13.3. The van der Waals surface area contributed by atoms with Gasteiger partial charge >= 0.3 is 5.97 Å². The number of carbonyl (C=O) groups excluding carboxylic acids is 2. The molecule has 4 rings (SSSR count). The predicted octanol–water partition coefficient (Wildman–Crippen LogP) is 4.38. The summed E-state index contributed by atoms with van der Waals surface area (Å²) in [5.41, 5.74) is 4.62. The number of likely N-dealkylation sites (N-methyl/N-ethyl adjacent to an activating group) is 1. The minimum atomic E-state index is -0.519. The average molecular weight is 491 g/mol. The molecule has 0 unspecified atom stereocenters. The van der Waals surface area contributed by atoms with E-state index >= 15 is 0 Å². The molecule has 0 radical (unpaired) electrons. The number of nitrogens with zero attached hydrogens (tertiary/aromatic N) is 2.